The van der Waals surface area contributed by atoms with E-state index in [0.29, 0.717) is 12.6 Å². The molecule has 1 atom stereocenters. The highest BCUT2D eigenvalue weighted by molar-refractivity contribution is 5.85. The second-order valence-corrected chi connectivity index (χ2v) is 5.62. The Labute approximate surface area is 140 Å². The number of rotatable bonds is 7. The van der Waals surface area contributed by atoms with E-state index in [1.54, 1.807) is 0 Å². The van der Waals surface area contributed by atoms with Crippen LogP contribution in [-0.4, -0.2) is 19.2 Å². The van der Waals surface area contributed by atoms with Crippen LogP contribution in [0.1, 0.15) is 23.6 Å². The highest BCUT2D eigenvalue weighted by Crippen LogP contribution is 2.22. The van der Waals surface area contributed by atoms with Crippen LogP contribution in [0.2, 0.25) is 0 Å². The summed E-state index contributed by atoms with van der Waals surface area (Å²) in [7, 11) is 0. The van der Waals surface area contributed by atoms with Crippen molar-refractivity contribution in [3.63, 3.8) is 0 Å². The number of para-hydroxylation sites is 1. The molecule has 0 aliphatic rings. The van der Waals surface area contributed by atoms with E-state index in [0.717, 1.165) is 18.7 Å². The van der Waals surface area contributed by atoms with Crippen LogP contribution in [0.4, 0.5) is 0 Å². The van der Waals surface area contributed by atoms with Crippen molar-refractivity contribution in [3.8, 4) is 5.75 Å². The fourth-order valence-corrected chi connectivity index (χ4v) is 2.40. The molecule has 0 amide bonds. The zero-order valence-corrected chi connectivity index (χ0v) is 14.5. The highest BCUT2D eigenvalue weighted by Gasteiger charge is 2.06. The summed E-state index contributed by atoms with van der Waals surface area (Å²) in [6.07, 6.45) is 1.05. The summed E-state index contributed by atoms with van der Waals surface area (Å²) in [5.74, 6) is 1.02. The largest absolute Gasteiger partial charge is 0.491 e. The third-order valence-electron chi connectivity index (χ3n) is 3.64. The summed E-state index contributed by atoms with van der Waals surface area (Å²) in [5, 5.41) is 3.52. The number of aryl methyl sites for hydroxylation is 2. The molecule has 1 N–H and O–H groups in total. The third kappa shape index (κ3) is 5.70. The van der Waals surface area contributed by atoms with Crippen molar-refractivity contribution in [1.82, 2.24) is 5.32 Å². The van der Waals surface area contributed by atoms with Gasteiger partial charge in [-0.2, -0.15) is 0 Å². The van der Waals surface area contributed by atoms with Crippen molar-refractivity contribution < 1.29 is 4.74 Å². The van der Waals surface area contributed by atoms with E-state index in [1.165, 1.54) is 16.7 Å². The van der Waals surface area contributed by atoms with Crippen LogP contribution >= 0.6 is 12.4 Å². The van der Waals surface area contributed by atoms with Crippen LogP contribution in [0.5, 0.6) is 5.75 Å². The first-order valence-electron chi connectivity index (χ1n) is 7.63. The standard InChI is InChI=1S/C19H25NO.ClH/c1-15-8-7-9-16(2)19(15)21-14-17(3)20-13-12-18-10-5-4-6-11-18;/h4-11,17,20H,12-14H2,1-3H3;1H. The Hall–Kier alpha value is -1.51. The zero-order chi connectivity index (χ0) is 15.1. The van der Waals surface area contributed by atoms with Gasteiger partial charge in [-0.3, -0.25) is 0 Å². The number of hydrogen-bond acceptors (Lipinski definition) is 2. The molecule has 2 aromatic rings. The monoisotopic (exact) mass is 319 g/mol. The average Bonchev–Trinajstić information content (AvgIpc) is 2.48. The van der Waals surface area contributed by atoms with Gasteiger partial charge in [0.1, 0.15) is 12.4 Å². The zero-order valence-electron chi connectivity index (χ0n) is 13.6. The van der Waals surface area contributed by atoms with Gasteiger partial charge in [0.05, 0.1) is 0 Å². The van der Waals surface area contributed by atoms with E-state index in [1.807, 2.05) is 0 Å². The lowest BCUT2D eigenvalue weighted by molar-refractivity contribution is 0.271. The van der Waals surface area contributed by atoms with Gasteiger partial charge in [-0.15, -0.1) is 12.4 Å². The van der Waals surface area contributed by atoms with Crippen molar-refractivity contribution in [2.24, 2.45) is 0 Å². The molecule has 0 heterocycles. The molecule has 3 heteroatoms. The molecule has 22 heavy (non-hydrogen) atoms. The topological polar surface area (TPSA) is 21.3 Å². The molecule has 0 saturated carbocycles. The first-order chi connectivity index (χ1) is 10.2. The van der Waals surface area contributed by atoms with Crippen molar-refractivity contribution in [1.29, 1.82) is 0 Å². The van der Waals surface area contributed by atoms with Gasteiger partial charge < -0.3 is 10.1 Å². The SMILES string of the molecule is Cc1cccc(C)c1OCC(C)NCCc1ccccc1.Cl. The summed E-state index contributed by atoms with van der Waals surface area (Å²) < 4.78 is 5.97. The molecule has 2 rings (SSSR count). The molecule has 2 aromatic carbocycles. The maximum Gasteiger partial charge on any atom is 0.125 e. The smallest absolute Gasteiger partial charge is 0.125 e. The lowest BCUT2D eigenvalue weighted by Gasteiger charge is -2.17. The van der Waals surface area contributed by atoms with Gasteiger partial charge >= 0.3 is 0 Å². The number of halogens is 1. The molecule has 0 radical (unpaired) electrons. The minimum atomic E-state index is 0. The molecule has 1 unspecified atom stereocenters. The van der Waals surface area contributed by atoms with Gasteiger partial charge in [0.15, 0.2) is 0 Å². The van der Waals surface area contributed by atoms with Crippen LogP contribution in [0.15, 0.2) is 48.5 Å². The molecular weight excluding hydrogens is 294 g/mol. The lowest BCUT2D eigenvalue weighted by atomic mass is 10.1. The van der Waals surface area contributed by atoms with Crippen molar-refractivity contribution in [3.05, 3.63) is 65.2 Å². The molecule has 0 aliphatic heterocycles. The van der Waals surface area contributed by atoms with Gasteiger partial charge in [0.2, 0.25) is 0 Å². The number of ether oxygens (including phenoxy) is 1. The summed E-state index contributed by atoms with van der Waals surface area (Å²) in [6.45, 7) is 8.02. The number of nitrogens with one attached hydrogen (secondary N) is 1. The van der Waals surface area contributed by atoms with Crippen molar-refractivity contribution >= 4 is 12.4 Å². The van der Waals surface area contributed by atoms with Gasteiger partial charge in [-0.1, -0.05) is 48.5 Å². The Balaban J connectivity index is 0.00000242. The predicted octanol–water partition coefficient (Wildman–Crippen LogP) is 4.32. The average molecular weight is 320 g/mol. The van der Waals surface area contributed by atoms with Crippen LogP contribution < -0.4 is 10.1 Å². The first kappa shape index (κ1) is 18.5. The predicted molar refractivity (Wildman–Crippen MR) is 96.3 cm³/mol. The van der Waals surface area contributed by atoms with E-state index in [-0.39, 0.29) is 12.4 Å². The van der Waals surface area contributed by atoms with E-state index < -0.39 is 0 Å². The quantitative estimate of drug-likeness (QED) is 0.820. The second-order valence-electron chi connectivity index (χ2n) is 5.62. The van der Waals surface area contributed by atoms with E-state index >= 15 is 0 Å². The maximum atomic E-state index is 5.97. The van der Waals surface area contributed by atoms with Crippen molar-refractivity contribution in [2.45, 2.75) is 33.2 Å². The summed E-state index contributed by atoms with van der Waals surface area (Å²) >= 11 is 0. The fourth-order valence-electron chi connectivity index (χ4n) is 2.40. The molecular formula is C19H26ClNO. The first-order valence-corrected chi connectivity index (χ1v) is 7.63. The highest BCUT2D eigenvalue weighted by atomic mass is 35.5. The molecule has 0 aromatic heterocycles. The Kier molecular flexibility index (Phi) is 8.00. The van der Waals surface area contributed by atoms with Crippen LogP contribution in [0, 0.1) is 13.8 Å². The molecule has 0 bridgehead atoms. The lowest BCUT2D eigenvalue weighted by Crippen LogP contribution is -2.33. The molecule has 0 fully saturated rings. The Morgan fingerprint density at radius 2 is 1.59 bits per heavy atom. The molecule has 0 spiro atoms. The van der Waals surface area contributed by atoms with E-state index in [9.17, 15) is 0 Å². The van der Waals surface area contributed by atoms with Crippen molar-refractivity contribution in [2.75, 3.05) is 13.2 Å². The van der Waals surface area contributed by atoms with Crippen LogP contribution in [0.3, 0.4) is 0 Å². The molecule has 2 nitrogen and oxygen atoms in total. The Bertz CT molecular complexity index is 536. The van der Waals surface area contributed by atoms with Gasteiger partial charge in [-0.25, -0.2) is 0 Å². The maximum absolute atomic E-state index is 5.97. The van der Waals surface area contributed by atoms with Crippen LogP contribution in [-0.2, 0) is 6.42 Å². The van der Waals surface area contributed by atoms with E-state index in [4.69, 9.17) is 4.74 Å². The minimum absolute atomic E-state index is 0. The normalized spacial score (nSPS) is 11.6. The van der Waals surface area contributed by atoms with Gasteiger partial charge in [0.25, 0.3) is 0 Å². The second kappa shape index (κ2) is 9.50. The molecule has 120 valence electrons. The Morgan fingerprint density at radius 3 is 2.23 bits per heavy atom. The minimum Gasteiger partial charge on any atom is -0.491 e. The molecule has 0 saturated heterocycles. The number of benzene rings is 2. The fraction of sp³-hybridized carbons (Fsp3) is 0.368. The van der Waals surface area contributed by atoms with Crippen LogP contribution in [0.25, 0.3) is 0 Å². The molecule has 0 aliphatic carbocycles. The number of hydrogen-bond donors (Lipinski definition) is 1. The van der Waals surface area contributed by atoms with Gasteiger partial charge in [-0.05, 0) is 50.4 Å². The van der Waals surface area contributed by atoms with Gasteiger partial charge in [0, 0.05) is 6.04 Å². The Morgan fingerprint density at radius 1 is 0.955 bits per heavy atom. The third-order valence-corrected chi connectivity index (χ3v) is 3.64. The summed E-state index contributed by atoms with van der Waals surface area (Å²) in [6, 6.07) is 17.2. The summed E-state index contributed by atoms with van der Waals surface area (Å²) in [4.78, 5) is 0. The summed E-state index contributed by atoms with van der Waals surface area (Å²) in [5.41, 5.74) is 3.77. The van der Waals surface area contributed by atoms with E-state index in [2.05, 4.69) is 74.6 Å².